The van der Waals surface area contributed by atoms with Gasteiger partial charge in [-0.2, -0.15) is 9.61 Å². The van der Waals surface area contributed by atoms with E-state index in [9.17, 15) is 4.39 Å². The van der Waals surface area contributed by atoms with Gasteiger partial charge in [-0.15, -0.1) is 0 Å². The predicted molar refractivity (Wildman–Crippen MR) is 106 cm³/mol. The largest absolute Gasteiger partial charge is 0.356 e. The van der Waals surface area contributed by atoms with Crippen LogP contribution in [0.3, 0.4) is 0 Å². The van der Waals surface area contributed by atoms with Gasteiger partial charge in [0.25, 0.3) is 0 Å². The summed E-state index contributed by atoms with van der Waals surface area (Å²) in [5, 5.41) is 4.87. The molecule has 1 fully saturated rings. The summed E-state index contributed by atoms with van der Waals surface area (Å²) < 4.78 is 15.7. The van der Waals surface area contributed by atoms with Crippen LogP contribution < -0.4 is 4.90 Å². The normalized spacial score (nSPS) is 22.4. The quantitative estimate of drug-likeness (QED) is 0.671. The van der Waals surface area contributed by atoms with Crippen LogP contribution in [0.25, 0.3) is 16.9 Å². The highest BCUT2D eigenvalue weighted by Crippen LogP contribution is 2.35. The standard InChI is InChI=1S/C22H25FN4/c1-14-9-15(2)13-26(12-14)22-18-7-4-8-19(18)24-21-11-20(25-27(21)22)16-5-3-6-17(23)10-16/h3,5-6,10-11,14-15H,4,7-9,12-13H2,1-2H3. The number of hydrogen-bond donors (Lipinski definition) is 0. The average Bonchev–Trinajstić information content (AvgIpc) is 3.24. The van der Waals surface area contributed by atoms with Crippen LogP contribution in [0.15, 0.2) is 30.3 Å². The molecule has 2 atom stereocenters. The second-order valence-corrected chi connectivity index (χ2v) is 8.38. The maximum Gasteiger partial charge on any atom is 0.158 e. The maximum absolute atomic E-state index is 13.7. The number of hydrogen-bond acceptors (Lipinski definition) is 3. The Morgan fingerprint density at radius 1 is 1.07 bits per heavy atom. The molecule has 0 spiro atoms. The molecule has 5 heteroatoms. The van der Waals surface area contributed by atoms with Crippen LogP contribution in [0, 0.1) is 17.7 Å². The van der Waals surface area contributed by atoms with E-state index in [-0.39, 0.29) is 5.82 Å². The Bertz CT molecular complexity index is 999. The number of aryl methyl sites for hydroxylation is 1. The Hall–Kier alpha value is -2.43. The lowest BCUT2D eigenvalue weighted by Gasteiger charge is -2.37. The van der Waals surface area contributed by atoms with Crippen molar-refractivity contribution in [2.75, 3.05) is 18.0 Å². The van der Waals surface area contributed by atoms with E-state index in [2.05, 4.69) is 18.7 Å². The number of benzene rings is 1. The molecule has 1 aliphatic carbocycles. The lowest BCUT2D eigenvalue weighted by Crippen LogP contribution is -2.40. The van der Waals surface area contributed by atoms with E-state index in [1.165, 1.54) is 29.6 Å². The van der Waals surface area contributed by atoms with Crippen molar-refractivity contribution in [1.82, 2.24) is 14.6 Å². The SMILES string of the molecule is CC1CC(C)CN(c2c3c(nc4cc(-c5cccc(F)c5)nn24)CCC3)C1. The summed E-state index contributed by atoms with van der Waals surface area (Å²) in [4.78, 5) is 7.41. The van der Waals surface area contributed by atoms with Crippen LogP contribution in [0.1, 0.15) is 37.9 Å². The molecule has 2 aliphatic rings. The molecule has 0 bridgehead atoms. The number of fused-ring (bicyclic) bond motifs is 2. The Kier molecular flexibility index (Phi) is 3.92. The van der Waals surface area contributed by atoms with Crippen molar-refractivity contribution >= 4 is 11.5 Å². The zero-order valence-electron chi connectivity index (χ0n) is 16.0. The minimum absolute atomic E-state index is 0.237. The maximum atomic E-state index is 13.7. The highest BCUT2D eigenvalue weighted by molar-refractivity contribution is 5.67. The molecular formula is C22H25FN4. The fraction of sp³-hybridized carbons (Fsp3) is 0.455. The first kappa shape index (κ1) is 16.7. The second kappa shape index (κ2) is 6.32. The smallest absolute Gasteiger partial charge is 0.158 e. The van der Waals surface area contributed by atoms with Crippen LogP contribution in [-0.2, 0) is 12.8 Å². The molecule has 2 unspecified atom stereocenters. The molecule has 3 aromatic rings. The van der Waals surface area contributed by atoms with Crippen molar-refractivity contribution in [3.63, 3.8) is 0 Å². The van der Waals surface area contributed by atoms with Gasteiger partial charge in [0.2, 0.25) is 0 Å². The molecule has 1 aromatic carbocycles. The van der Waals surface area contributed by atoms with Crippen molar-refractivity contribution in [3.05, 3.63) is 47.4 Å². The van der Waals surface area contributed by atoms with E-state index in [1.54, 1.807) is 12.1 Å². The monoisotopic (exact) mass is 364 g/mol. The summed E-state index contributed by atoms with van der Waals surface area (Å²) in [6.45, 7) is 6.79. The van der Waals surface area contributed by atoms with Gasteiger partial charge in [0, 0.05) is 36.0 Å². The molecule has 2 aromatic heterocycles. The van der Waals surface area contributed by atoms with E-state index in [1.807, 2.05) is 16.6 Å². The summed E-state index contributed by atoms with van der Waals surface area (Å²) in [6.07, 6.45) is 4.55. The summed E-state index contributed by atoms with van der Waals surface area (Å²) in [6, 6.07) is 8.64. The molecule has 0 N–H and O–H groups in total. The lowest BCUT2D eigenvalue weighted by atomic mass is 9.91. The first-order chi connectivity index (χ1) is 13.1. The number of anilines is 1. The van der Waals surface area contributed by atoms with E-state index < -0.39 is 0 Å². The third-order valence-electron chi connectivity index (χ3n) is 5.89. The molecule has 140 valence electrons. The van der Waals surface area contributed by atoms with Crippen molar-refractivity contribution in [2.45, 2.75) is 39.5 Å². The van der Waals surface area contributed by atoms with Crippen molar-refractivity contribution in [1.29, 1.82) is 0 Å². The van der Waals surface area contributed by atoms with Gasteiger partial charge in [0.05, 0.1) is 5.69 Å². The number of halogens is 1. The summed E-state index contributed by atoms with van der Waals surface area (Å²) in [5.74, 6) is 2.33. The van der Waals surface area contributed by atoms with Crippen LogP contribution in [0.5, 0.6) is 0 Å². The minimum atomic E-state index is -0.237. The van der Waals surface area contributed by atoms with Crippen molar-refractivity contribution in [3.8, 4) is 11.3 Å². The fourth-order valence-electron chi connectivity index (χ4n) is 4.91. The van der Waals surface area contributed by atoms with E-state index >= 15 is 0 Å². The number of aromatic nitrogens is 3. The van der Waals surface area contributed by atoms with Gasteiger partial charge in [-0.25, -0.2) is 9.37 Å². The Morgan fingerprint density at radius 2 is 1.89 bits per heavy atom. The summed E-state index contributed by atoms with van der Waals surface area (Å²) >= 11 is 0. The van der Waals surface area contributed by atoms with Crippen molar-refractivity contribution < 1.29 is 4.39 Å². The molecule has 3 heterocycles. The fourth-order valence-corrected chi connectivity index (χ4v) is 4.91. The highest BCUT2D eigenvalue weighted by atomic mass is 19.1. The topological polar surface area (TPSA) is 33.4 Å². The Labute approximate surface area is 159 Å². The Morgan fingerprint density at radius 3 is 2.67 bits per heavy atom. The zero-order valence-corrected chi connectivity index (χ0v) is 16.0. The van der Waals surface area contributed by atoms with Gasteiger partial charge >= 0.3 is 0 Å². The molecule has 4 nitrogen and oxygen atoms in total. The minimum Gasteiger partial charge on any atom is -0.356 e. The Balaban J connectivity index is 1.68. The number of rotatable bonds is 2. The van der Waals surface area contributed by atoms with Gasteiger partial charge in [0.15, 0.2) is 5.65 Å². The van der Waals surface area contributed by atoms with Gasteiger partial charge in [-0.1, -0.05) is 26.0 Å². The second-order valence-electron chi connectivity index (χ2n) is 8.38. The average molecular weight is 364 g/mol. The molecule has 1 saturated heterocycles. The molecular weight excluding hydrogens is 339 g/mol. The molecule has 5 rings (SSSR count). The highest BCUT2D eigenvalue weighted by Gasteiger charge is 2.29. The first-order valence-electron chi connectivity index (χ1n) is 10.0. The van der Waals surface area contributed by atoms with E-state index in [0.29, 0.717) is 11.8 Å². The number of nitrogens with zero attached hydrogens (tertiary/aromatic N) is 4. The number of piperidine rings is 1. The van der Waals surface area contributed by atoms with Crippen LogP contribution in [-0.4, -0.2) is 27.7 Å². The summed E-state index contributed by atoms with van der Waals surface area (Å²) in [5.41, 5.74) is 5.03. The van der Waals surface area contributed by atoms with Crippen molar-refractivity contribution in [2.24, 2.45) is 11.8 Å². The van der Waals surface area contributed by atoms with Gasteiger partial charge < -0.3 is 4.90 Å². The molecule has 0 amide bonds. The van der Waals surface area contributed by atoms with Gasteiger partial charge in [-0.05, 0) is 49.7 Å². The molecule has 27 heavy (non-hydrogen) atoms. The first-order valence-corrected chi connectivity index (χ1v) is 10.0. The molecule has 0 saturated carbocycles. The van der Waals surface area contributed by atoms with Gasteiger partial charge in [-0.3, -0.25) is 0 Å². The molecule has 1 aliphatic heterocycles. The van der Waals surface area contributed by atoms with E-state index in [0.717, 1.165) is 49.3 Å². The summed E-state index contributed by atoms with van der Waals surface area (Å²) in [7, 11) is 0. The van der Waals surface area contributed by atoms with Crippen LogP contribution >= 0.6 is 0 Å². The van der Waals surface area contributed by atoms with Crippen LogP contribution in [0.4, 0.5) is 10.2 Å². The zero-order chi connectivity index (χ0) is 18.5. The molecule has 0 radical (unpaired) electrons. The third kappa shape index (κ3) is 2.89. The van der Waals surface area contributed by atoms with Gasteiger partial charge in [0.1, 0.15) is 11.6 Å². The van der Waals surface area contributed by atoms with Crippen LogP contribution in [0.2, 0.25) is 0 Å². The third-order valence-corrected chi connectivity index (χ3v) is 5.89. The van der Waals surface area contributed by atoms with E-state index in [4.69, 9.17) is 10.1 Å². The lowest BCUT2D eigenvalue weighted by molar-refractivity contribution is 0.353. The predicted octanol–water partition coefficient (Wildman–Crippen LogP) is 4.51.